The fourth-order valence-electron chi connectivity index (χ4n) is 2.35. The lowest BCUT2D eigenvalue weighted by atomic mass is 10.1. The van der Waals surface area contributed by atoms with E-state index in [-0.39, 0.29) is 10.6 Å². The molecule has 0 heterocycles. The van der Waals surface area contributed by atoms with Crippen molar-refractivity contribution in [2.24, 2.45) is 5.10 Å². The van der Waals surface area contributed by atoms with Crippen LogP contribution in [0.15, 0.2) is 46.4 Å². The van der Waals surface area contributed by atoms with E-state index in [1.807, 2.05) is 13.0 Å². The Morgan fingerprint density at radius 2 is 1.92 bits per heavy atom. The summed E-state index contributed by atoms with van der Waals surface area (Å²) in [4.78, 5) is 12.9. The van der Waals surface area contributed by atoms with Crippen molar-refractivity contribution in [1.29, 1.82) is 0 Å². The molecule has 0 aliphatic carbocycles. The summed E-state index contributed by atoms with van der Waals surface area (Å²) in [7, 11) is -3.80. The average Bonchev–Trinajstić information content (AvgIpc) is 2.56. The first kappa shape index (κ1) is 18.6. The van der Waals surface area contributed by atoms with Gasteiger partial charge in [0, 0.05) is 17.2 Å². The molecule has 0 aliphatic rings. The summed E-state index contributed by atoms with van der Waals surface area (Å²) in [6, 6.07) is 9.77. The average molecular weight is 361 g/mol. The number of hydrogen-bond donors (Lipinski definition) is 1. The lowest BCUT2D eigenvalue weighted by molar-refractivity contribution is -0.385. The van der Waals surface area contributed by atoms with Crippen molar-refractivity contribution in [2.75, 3.05) is 0 Å². The maximum Gasteiger partial charge on any atom is 0.276 e. The number of nitro groups is 1. The highest BCUT2D eigenvalue weighted by atomic mass is 32.2. The summed E-state index contributed by atoms with van der Waals surface area (Å²) in [5.41, 5.74) is 2.46. The topological polar surface area (TPSA) is 102 Å². The van der Waals surface area contributed by atoms with Crippen LogP contribution in [0.25, 0.3) is 0 Å². The smallest absolute Gasteiger partial charge is 0.258 e. The lowest BCUT2D eigenvalue weighted by Gasteiger charge is -2.07. The Morgan fingerprint density at radius 1 is 1.20 bits per heavy atom. The number of nitrogens with zero attached hydrogens (tertiary/aromatic N) is 2. The Kier molecular flexibility index (Phi) is 5.53. The van der Waals surface area contributed by atoms with Crippen LogP contribution in [0.1, 0.15) is 29.2 Å². The molecule has 0 radical (unpaired) electrons. The molecule has 2 aromatic rings. The second-order valence-corrected chi connectivity index (χ2v) is 7.25. The van der Waals surface area contributed by atoms with Crippen molar-refractivity contribution in [3.05, 3.63) is 68.8 Å². The van der Waals surface area contributed by atoms with Gasteiger partial charge in [-0.2, -0.15) is 13.5 Å². The van der Waals surface area contributed by atoms with Crippen molar-refractivity contribution in [3.63, 3.8) is 0 Å². The van der Waals surface area contributed by atoms with Gasteiger partial charge in [-0.05, 0) is 37.5 Å². The van der Waals surface area contributed by atoms with Gasteiger partial charge >= 0.3 is 0 Å². The zero-order chi connectivity index (χ0) is 18.6. The van der Waals surface area contributed by atoms with Crippen LogP contribution in [0.2, 0.25) is 0 Å². The number of rotatable bonds is 6. The van der Waals surface area contributed by atoms with Gasteiger partial charge in [0.15, 0.2) is 0 Å². The lowest BCUT2D eigenvalue weighted by Crippen LogP contribution is -2.19. The maximum absolute atomic E-state index is 12.3. The second-order valence-electron chi connectivity index (χ2n) is 5.62. The first-order valence-corrected chi connectivity index (χ1v) is 9.12. The number of benzene rings is 2. The molecule has 0 saturated heterocycles. The minimum absolute atomic E-state index is 0.0103. The first-order chi connectivity index (χ1) is 11.7. The van der Waals surface area contributed by atoms with Crippen LogP contribution in [-0.4, -0.2) is 19.6 Å². The van der Waals surface area contributed by atoms with Crippen molar-refractivity contribution >= 4 is 21.9 Å². The molecular formula is C17H19N3O4S. The summed E-state index contributed by atoms with van der Waals surface area (Å²) in [5.74, 6) is 0. The summed E-state index contributed by atoms with van der Waals surface area (Å²) < 4.78 is 24.7. The van der Waals surface area contributed by atoms with Gasteiger partial charge in [-0.1, -0.05) is 31.2 Å². The summed E-state index contributed by atoms with van der Waals surface area (Å²) in [6.45, 7) is 5.33. The monoisotopic (exact) mass is 361 g/mol. The predicted molar refractivity (Wildman–Crippen MR) is 96.3 cm³/mol. The molecule has 2 aromatic carbocycles. The zero-order valence-corrected chi connectivity index (χ0v) is 15.0. The van der Waals surface area contributed by atoms with Crippen molar-refractivity contribution in [1.82, 2.24) is 4.83 Å². The molecule has 132 valence electrons. The standard InChI is InChI=1S/C17H19N3O4S/c1-4-15-8-7-14(10-16(15)20(21)22)11-18-19-25(23,24)17-9-12(2)5-6-13(17)3/h5-11,19H,4H2,1-3H3/b18-11-. The number of hydrazone groups is 1. The van der Waals surface area contributed by atoms with Gasteiger partial charge in [-0.3, -0.25) is 10.1 Å². The van der Waals surface area contributed by atoms with Crippen molar-refractivity contribution in [2.45, 2.75) is 32.1 Å². The van der Waals surface area contributed by atoms with Gasteiger partial charge in [-0.25, -0.2) is 4.83 Å². The number of sulfonamides is 1. The number of nitro benzene ring substituents is 1. The molecule has 7 nitrogen and oxygen atoms in total. The van der Waals surface area contributed by atoms with E-state index in [1.165, 1.54) is 12.3 Å². The summed E-state index contributed by atoms with van der Waals surface area (Å²) in [6.07, 6.45) is 1.78. The van der Waals surface area contributed by atoms with Gasteiger partial charge < -0.3 is 0 Å². The van der Waals surface area contributed by atoms with Crippen LogP contribution in [-0.2, 0) is 16.4 Å². The van der Waals surface area contributed by atoms with Crippen LogP contribution in [0.3, 0.4) is 0 Å². The maximum atomic E-state index is 12.3. The van der Waals surface area contributed by atoms with Gasteiger partial charge in [-0.15, -0.1) is 0 Å². The molecule has 8 heteroatoms. The van der Waals surface area contributed by atoms with Gasteiger partial charge in [0.2, 0.25) is 0 Å². The predicted octanol–water partition coefficient (Wildman–Crippen LogP) is 3.09. The van der Waals surface area contributed by atoms with Gasteiger partial charge in [0.25, 0.3) is 15.7 Å². The van der Waals surface area contributed by atoms with E-state index in [4.69, 9.17) is 0 Å². The van der Waals surface area contributed by atoms with E-state index in [1.54, 1.807) is 38.1 Å². The normalized spacial score (nSPS) is 11.6. The largest absolute Gasteiger partial charge is 0.276 e. The molecule has 0 fully saturated rings. The summed E-state index contributed by atoms with van der Waals surface area (Å²) >= 11 is 0. The molecule has 0 aromatic heterocycles. The molecule has 0 amide bonds. The Bertz CT molecular complexity index is 937. The zero-order valence-electron chi connectivity index (χ0n) is 14.2. The van der Waals surface area contributed by atoms with E-state index in [0.29, 0.717) is 23.1 Å². The molecule has 0 unspecified atom stereocenters. The molecule has 25 heavy (non-hydrogen) atoms. The highest BCUT2D eigenvalue weighted by Crippen LogP contribution is 2.20. The Balaban J connectivity index is 2.24. The molecule has 0 atom stereocenters. The third-order valence-electron chi connectivity index (χ3n) is 3.71. The van der Waals surface area contributed by atoms with Crippen molar-refractivity contribution < 1.29 is 13.3 Å². The molecule has 0 aliphatic heterocycles. The fourth-order valence-corrected chi connectivity index (χ4v) is 3.47. The minimum Gasteiger partial charge on any atom is -0.258 e. The van der Waals surface area contributed by atoms with Crippen LogP contribution in [0.4, 0.5) is 5.69 Å². The minimum atomic E-state index is -3.80. The van der Waals surface area contributed by atoms with Crippen LogP contribution >= 0.6 is 0 Å². The van der Waals surface area contributed by atoms with Crippen LogP contribution in [0, 0.1) is 24.0 Å². The molecular weight excluding hydrogens is 342 g/mol. The van der Waals surface area contributed by atoms with E-state index in [9.17, 15) is 18.5 Å². The van der Waals surface area contributed by atoms with E-state index < -0.39 is 14.9 Å². The van der Waals surface area contributed by atoms with E-state index in [0.717, 1.165) is 5.56 Å². The Morgan fingerprint density at radius 3 is 2.56 bits per heavy atom. The fraction of sp³-hybridized carbons (Fsp3) is 0.235. The quantitative estimate of drug-likeness (QED) is 0.485. The van der Waals surface area contributed by atoms with Crippen LogP contribution < -0.4 is 4.83 Å². The second kappa shape index (κ2) is 7.43. The SMILES string of the molecule is CCc1ccc(/C=N\NS(=O)(=O)c2cc(C)ccc2C)cc1[N+](=O)[O-]. The third kappa shape index (κ3) is 4.42. The summed E-state index contributed by atoms with van der Waals surface area (Å²) in [5, 5.41) is 14.8. The molecule has 0 saturated carbocycles. The number of nitrogens with one attached hydrogen (secondary N) is 1. The van der Waals surface area contributed by atoms with Gasteiger partial charge in [0.1, 0.15) is 0 Å². The number of aryl methyl sites for hydroxylation is 3. The first-order valence-electron chi connectivity index (χ1n) is 7.64. The number of hydrogen-bond acceptors (Lipinski definition) is 5. The van der Waals surface area contributed by atoms with E-state index in [2.05, 4.69) is 9.93 Å². The molecule has 2 rings (SSSR count). The third-order valence-corrected chi connectivity index (χ3v) is 5.07. The highest BCUT2D eigenvalue weighted by molar-refractivity contribution is 7.89. The molecule has 0 spiro atoms. The van der Waals surface area contributed by atoms with Gasteiger partial charge in [0.05, 0.1) is 16.0 Å². The Labute approximate surface area is 146 Å². The highest BCUT2D eigenvalue weighted by Gasteiger charge is 2.16. The molecule has 0 bridgehead atoms. The van der Waals surface area contributed by atoms with Crippen molar-refractivity contribution in [3.8, 4) is 0 Å². The van der Waals surface area contributed by atoms with E-state index >= 15 is 0 Å². The Hall–Kier alpha value is -2.74. The molecule has 1 N–H and O–H groups in total. The van der Waals surface area contributed by atoms with Crippen LogP contribution in [0.5, 0.6) is 0 Å².